The van der Waals surface area contributed by atoms with Crippen molar-refractivity contribution in [1.82, 2.24) is 19.1 Å². The second-order valence-electron chi connectivity index (χ2n) is 6.73. The Hall–Kier alpha value is -2.17. The fraction of sp³-hybridized carbons (Fsp3) is 0.421. The second kappa shape index (κ2) is 10.0. The highest BCUT2D eigenvalue weighted by Crippen LogP contribution is 2.22. The quantitative estimate of drug-likeness (QED) is 0.506. The highest BCUT2D eigenvalue weighted by Gasteiger charge is 2.25. The number of anilines is 1. The number of carbonyl (C=O) groups excluding carboxylic acids is 1. The summed E-state index contributed by atoms with van der Waals surface area (Å²) in [6.07, 6.45) is 7.25. The Morgan fingerprint density at radius 3 is 2.52 bits per heavy atom. The van der Waals surface area contributed by atoms with Crippen molar-refractivity contribution in [2.45, 2.75) is 42.3 Å². The van der Waals surface area contributed by atoms with Crippen molar-refractivity contribution in [3.63, 3.8) is 0 Å². The van der Waals surface area contributed by atoms with E-state index in [1.54, 1.807) is 45.5 Å². The van der Waals surface area contributed by atoms with E-state index in [1.807, 2.05) is 0 Å². The lowest BCUT2D eigenvalue weighted by molar-refractivity contribution is -0.113. The van der Waals surface area contributed by atoms with E-state index in [1.165, 1.54) is 11.8 Å². The van der Waals surface area contributed by atoms with Crippen LogP contribution < -0.4 is 5.32 Å². The molecule has 156 valence electrons. The number of carbonyl (C=O) groups is 1. The molecule has 2 heterocycles. The van der Waals surface area contributed by atoms with Gasteiger partial charge in [-0.3, -0.25) is 4.79 Å². The van der Waals surface area contributed by atoms with Crippen LogP contribution in [0.2, 0.25) is 0 Å². The molecule has 8 nitrogen and oxygen atoms in total. The van der Waals surface area contributed by atoms with Crippen molar-refractivity contribution in [3.05, 3.63) is 43.2 Å². The van der Waals surface area contributed by atoms with Crippen LogP contribution in [0, 0.1) is 0 Å². The van der Waals surface area contributed by atoms with E-state index in [2.05, 4.69) is 22.1 Å². The topological polar surface area (TPSA) is 97.2 Å². The summed E-state index contributed by atoms with van der Waals surface area (Å²) in [6, 6.07) is 6.33. The molecular formula is C19H25N5O3S2. The molecular weight excluding hydrogens is 410 g/mol. The molecule has 10 heteroatoms. The number of rotatable bonds is 8. The third kappa shape index (κ3) is 5.68. The predicted molar refractivity (Wildman–Crippen MR) is 113 cm³/mol. The van der Waals surface area contributed by atoms with Gasteiger partial charge in [0.15, 0.2) is 5.16 Å². The van der Waals surface area contributed by atoms with Crippen molar-refractivity contribution >= 4 is 33.4 Å². The first-order valence-electron chi connectivity index (χ1n) is 9.52. The van der Waals surface area contributed by atoms with E-state index in [-0.39, 0.29) is 16.6 Å². The van der Waals surface area contributed by atoms with Crippen LogP contribution in [0.3, 0.4) is 0 Å². The molecule has 1 amide bonds. The number of amides is 1. The molecule has 0 saturated carbocycles. The lowest BCUT2D eigenvalue weighted by atomic mass is 10.2. The number of aromatic nitrogens is 3. The highest BCUT2D eigenvalue weighted by atomic mass is 32.2. The van der Waals surface area contributed by atoms with Crippen molar-refractivity contribution in [3.8, 4) is 0 Å². The van der Waals surface area contributed by atoms with E-state index < -0.39 is 10.0 Å². The van der Waals surface area contributed by atoms with E-state index in [0.717, 1.165) is 25.7 Å². The van der Waals surface area contributed by atoms with E-state index in [9.17, 15) is 13.2 Å². The zero-order valence-corrected chi connectivity index (χ0v) is 17.8. The van der Waals surface area contributed by atoms with Crippen LogP contribution in [-0.4, -0.2) is 52.2 Å². The van der Waals surface area contributed by atoms with Gasteiger partial charge in [-0.25, -0.2) is 8.42 Å². The van der Waals surface area contributed by atoms with E-state index in [0.29, 0.717) is 30.5 Å². The number of thioether (sulfide) groups is 1. The summed E-state index contributed by atoms with van der Waals surface area (Å²) in [7, 11) is -3.49. The van der Waals surface area contributed by atoms with Gasteiger partial charge in [0.2, 0.25) is 15.9 Å². The number of benzene rings is 1. The molecule has 0 bridgehead atoms. The van der Waals surface area contributed by atoms with Crippen molar-refractivity contribution < 1.29 is 13.2 Å². The Bertz CT molecular complexity index is 933. The normalized spacial score (nSPS) is 15.6. The molecule has 2 aromatic rings. The van der Waals surface area contributed by atoms with Gasteiger partial charge >= 0.3 is 0 Å². The van der Waals surface area contributed by atoms with Crippen molar-refractivity contribution in [2.75, 3.05) is 24.2 Å². The molecule has 3 rings (SSSR count). The van der Waals surface area contributed by atoms with Crippen LogP contribution in [0.25, 0.3) is 0 Å². The predicted octanol–water partition coefficient (Wildman–Crippen LogP) is 2.76. The summed E-state index contributed by atoms with van der Waals surface area (Å²) in [5.74, 6) is -0.0322. The number of nitrogens with one attached hydrogen (secondary N) is 1. The zero-order valence-electron chi connectivity index (χ0n) is 16.2. The van der Waals surface area contributed by atoms with Crippen LogP contribution in [0.5, 0.6) is 0 Å². The summed E-state index contributed by atoms with van der Waals surface area (Å²) in [4.78, 5) is 12.5. The first kappa shape index (κ1) is 21.5. The molecule has 1 aromatic heterocycles. The Kier molecular flexibility index (Phi) is 7.45. The SMILES string of the molecule is C=CCn1cnnc1SCC(=O)Nc1ccc(S(=O)(=O)N2CCCCCC2)cc1. The molecule has 1 saturated heterocycles. The third-order valence-corrected chi connectivity index (χ3v) is 7.47. The van der Waals surface area contributed by atoms with Crippen LogP contribution in [-0.2, 0) is 21.4 Å². The Balaban J connectivity index is 1.57. The minimum atomic E-state index is -3.49. The van der Waals surface area contributed by atoms with Gasteiger partial charge in [0.25, 0.3) is 0 Å². The molecule has 0 radical (unpaired) electrons. The van der Waals surface area contributed by atoms with Gasteiger partial charge in [-0.15, -0.1) is 16.8 Å². The Labute approximate surface area is 175 Å². The average Bonchev–Trinajstić information content (AvgIpc) is 2.97. The zero-order chi connectivity index (χ0) is 20.7. The molecule has 0 unspecified atom stereocenters. The number of nitrogens with zero attached hydrogens (tertiary/aromatic N) is 4. The van der Waals surface area contributed by atoms with Gasteiger partial charge < -0.3 is 9.88 Å². The molecule has 1 N–H and O–H groups in total. The summed E-state index contributed by atoms with van der Waals surface area (Å²) in [5.41, 5.74) is 0.554. The van der Waals surface area contributed by atoms with Gasteiger partial charge in [0.05, 0.1) is 10.6 Å². The Morgan fingerprint density at radius 1 is 1.17 bits per heavy atom. The maximum absolute atomic E-state index is 12.8. The van der Waals surface area contributed by atoms with E-state index in [4.69, 9.17) is 0 Å². The summed E-state index contributed by atoms with van der Waals surface area (Å²) < 4.78 is 29.0. The van der Waals surface area contributed by atoms with Crippen molar-refractivity contribution in [1.29, 1.82) is 0 Å². The lowest BCUT2D eigenvalue weighted by Crippen LogP contribution is -2.31. The van der Waals surface area contributed by atoms with Crippen LogP contribution in [0.4, 0.5) is 5.69 Å². The first-order valence-corrected chi connectivity index (χ1v) is 11.9. The molecule has 0 spiro atoms. The molecule has 29 heavy (non-hydrogen) atoms. The number of hydrogen-bond donors (Lipinski definition) is 1. The first-order chi connectivity index (χ1) is 14.0. The van der Waals surface area contributed by atoms with Gasteiger partial charge in [0, 0.05) is 25.3 Å². The highest BCUT2D eigenvalue weighted by molar-refractivity contribution is 7.99. The van der Waals surface area contributed by atoms with Crippen molar-refractivity contribution in [2.24, 2.45) is 0 Å². The molecule has 1 aliphatic heterocycles. The van der Waals surface area contributed by atoms with Crippen LogP contribution in [0.1, 0.15) is 25.7 Å². The largest absolute Gasteiger partial charge is 0.325 e. The third-order valence-electron chi connectivity index (χ3n) is 4.58. The van der Waals surface area contributed by atoms with Crippen LogP contribution in [0.15, 0.2) is 53.3 Å². The summed E-state index contributed by atoms with van der Waals surface area (Å²) >= 11 is 1.28. The minimum absolute atomic E-state index is 0.170. The van der Waals surface area contributed by atoms with Gasteiger partial charge in [-0.2, -0.15) is 4.31 Å². The monoisotopic (exact) mass is 435 g/mol. The lowest BCUT2D eigenvalue weighted by Gasteiger charge is -2.20. The maximum atomic E-state index is 12.8. The summed E-state index contributed by atoms with van der Waals surface area (Å²) in [6.45, 7) is 5.38. The van der Waals surface area contributed by atoms with Gasteiger partial charge in [0.1, 0.15) is 6.33 Å². The number of hydrogen-bond acceptors (Lipinski definition) is 6. The van der Waals surface area contributed by atoms with E-state index >= 15 is 0 Å². The van der Waals surface area contributed by atoms with Crippen LogP contribution >= 0.6 is 11.8 Å². The second-order valence-corrected chi connectivity index (χ2v) is 9.61. The molecule has 0 atom stereocenters. The number of sulfonamides is 1. The molecule has 0 aliphatic carbocycles. The van der Waals surface area contributed by atoms with Gasteiger partial charge in [-0.05, 0) is 37.1 Å². The molecule has 1 aliphatic rings. The Morgan fingerprint density at radius 2 is 1.86 bits per heavy atom. The maximum Gasteiger partial charge on any atom is 0.243 e. The van der Waals surface area contributed by atoms with Gasteiger partial charge in [-0.1, -0.05) is 30.7 Å². The fourth-order valence-corrected chi connectivity index (χ4v) is 5.33. The fourth-order valence-electron chi connectivity index (χ4n) is 3.09. The standard InChI is InChI=1S/C19H25N5O3S2/c1-2-11-23-15-20-22-19(23)28-14-18(25)21-16-7-9-17(10-8-16)29(26,27)24-12-5-3-4-6-13-24/h2,7-10,15H,1,3-6,11-14H2,(H,21,25). The minimum Gasteiger partial charge on any atom is -0.325 e. The summed E-state index contributed by atoms with van der Waals surface area (Å²) in [5, 5.41) is 11.2. The number of allylic oxidation sites excluding steroid dienone is 1. The molecule has 1 fully saturated rings. The smallest absolute Gasteiger partial charge is 0.243 e. The molecule has 1 aromatic carbocycles. The average molecular weight is 436 g/mol.